The van der Waals surface area contributed by atoms with Crippen molar-refractivity contribution in [3.05, 3.63) is 12.4 Å². The highest BCUT2D eigenvalue weighted by atomic mass is 35.5. The van der Waals surface area contributed by atoms with Gasteiger partial charge in [-0.25, -0.2) is 0 Å². The van der Waals surface area contributed by atoms with E-state index in [4.69, 9.17) is 4.74 Å². The van der Waals surface area contributed by atoms with Crippen molar-refractivity contribution < 1.29 is 14.3 Å². The fourth-order valence-corrected chi connectivity index (χ4v) is 3.44. The van der Waals surface area contributed by atoms with Gasteiger partial charge in [0.25, 0.3) is 0 Å². The van der Waals surface area contributed by atoms with Crippen LogP contribution >= 0.6 is 12.4 Å². The highest BCUT2D eigenvalue weighted by Gasteiger charge is 2.26. The van der Waals surface area contributed by atoms with Crippen LogP contribution in [-0.4, -0.2) is 64.4 Å². The lowest BCUT2D eigenvalue weighted by Gasteiger charge is -2.35. The van der Waals surface area contributed by atoms with E-state index in [9.17, 15) is 9.59 Å². The minimum Gasteiger partial charge on any atom is -0.372 e. The number of piperidine rings is 1. The Kier molecular flexibility index (Phi) is 7.43. The predicted octanol–water partition coefficient (Wildman–Crippen LogP) is 1.02. The maximum Gasteiger partial charge on any atom is 0.244 e. The Morgan fingerprint density at radius 2 is 2.04 bits per heavy atom. The first-order valence-corrected chi connectivity index (χ1v) is 9.01. The third-order valence-electron chi connectivity index (χ3n) is 4.60. The number of carbonyl (C=O) groups excluding carboxylic acids is 2. The zero-order valence-electron chi connectivity index (χ0n) is 15.3. The molecule has 0 radical (unpaired) electrons. The molecule has 2 amide bonds. The first-order chi connectivity index (χ1) is 12.0. The van der Waals surface area contributed by atoms with Gasteiger partial charge in [0.15, 0.2) is 0 Å². The molecule has 2 N–H and O–H groups in total. The van der Waals surface area contributed by atoms with Crippen molar-refractivity contribution in [1.29, 1.82) is 0 Å². The lowest BCUT2D eigenvalue weighted by molar-refractivity contribution is -0.144. The van der Waals surface area contributed by atoms with E-state index in [1.807, 2.05) is 18.7 Å². The molecule has 2 fully saturated rings. The standard InChI is InChI=1S/C17H27N5O3.ClH/c1-12-8-21(9-13(2)25-12)16(23)11-22-10-14(7-19-22)20-17(24)15-5-3-4-6-18-15;/h7,10,12-13,15,18H,3-6,8-9,11H2,1-2H3,(H,20,24);1H. The molecule has 0 spiro atoms. The quantitative estimate of drug-likeness (QED) is 0.807. The Bertz CT molecular complexity index is 607. The molecule has 1 aromatic heterocycles. The Hall–Kier alpha value is -1.64. The average Bonchev–Trinajstić information content (AvgIpc) is 3.01. The molecule has 3 heterocycles. The van der Waals surface area contributed by atoms with Crippen molar-refractivity contribution in [3.8, 4) is 0 Å². The van der Waals surface area contributed by atoms with Crippen molar-refractivity contribution in [3.63, 3.8) is 0 Å². The summed E-state index contributed by atoms with van der Waals surface area (Å²) in [7, 11) is 0. The van der Waals surface area contributed by atoms with Crippen LogP contribution in [0.1, 0.15) is 33.1 Å². The number of halogens is 1. The SMILES string of the molecule is CC1CN(C(=O)Cn2cc(NC(=O)C3CCCCN3)cn2)CC(C)O1.Cl. The molecule has 8 nitrogen and oxygen atoms in total. The van der Waals surface area contributed by atoms with Crippen LogP contribution in [0.4, 0.5) is 5.69 Å². The molecule has 0 bridgehead atoms. The van der Waals surface area contributed by atoms with Crippen LogP contribution in [-0.2, 0) is 20.9 Å². The second-order valence-corrected chi connectivity index (χ2v) is 6.97. The third kappa shape index (κ3) is 5.43. The molecule has 26 heavy (non-hydrogen) atoms. The summed E-state index contributed by atoms with van der Waals surface area (Å²) in [5.74, 6) is -0.0293. The van der Waals surface area contributed by atoms with E-state index < -0.39 is 0 Å². The van der Waals surface area contributed by atoms with Crippen LogP contribution in [0.15, 0.2) is 12.4 Å². The van der Waals surface area contributed by atoms with Gasteiger partial charge in [-0.05, 0) is 33.2 Å². The largest absolute Gasteiger partial charge is 0.372 e. The highest BCUT2D eigenvalue weighted by molar-refractivity contribution is 5.94. The van der Waals surface area contributed by atoms with E-state index in [-0.39, 0.29) is 49.0 Å². The fraction of sp³-hybridized carbons (Fsp3) is 0.706. The van der Waals surface area contributed by atoms with Gasteiger partial charge in [-0.3, -0.25) is 14.3 Å². The highest BCUT2D eigenvalue weighted by Crippen LogP contribution is 2.13. The fourth-order valence-electron chi connectivity index (χ4n) is 3.44. The number of carbonyl (C=O) groups is 2. The second kappa shape index (κ2) is 9.34. The number of nitrogens with zero attached hydrogens (tertiary/aromatic N) is 3. The van der Waals surface area contributed by atoms with Gasteiger partial charge in [0, 0.05) is 19.3 Å². The number of rotatable bonds is 4. The van der Waals surface area contributed by atoms with E-state index in [2.05, 4.69) is 15.7 Å². The van der Waals surface area contributed by atoms with E-state index >= 15 is 0 Å². The number of aromatic nitrogens is 2. The molecule has 3 unspecified atom stereocenters. The molecular weight excluding hydrogens is 358 g/mol. The predicted molar refractivity (Wildman–Crippen MR) is 100 cm³/mol. The maximum atomic E-state index is 12.4. The van der Waals surface area contributed by atoms with Crippen molar-refractivity contribution in [2.45, 2.75) is 57.9 Å². The minimum absolute atomic E-state index is 0. The average molecular weight is 386 g/mol. The van der Waals surface area contributed by atoms with Gasteiger partial charge < -0.3 is 20.3 Å². The van der Waals surface area contributed by atoms with Gasteiger partial charge in [0.1, 0.15) is 6.54 Å². The molecule has 2 aliphatic rings. The van der Waals surface area contributed by atoms with Crippen LogP contribution in [0.2, 0.25) is 0 Å². The molecule has 146 valence electrons. The Morgan fingerprint density at radius 3 is 2.69 bits per heavy atom. The molecule has 0 aliphatic carbocycles. The lowest BCUT2D eigenvalue weighted by atomic mass is 10.0. The molecule has 0 saturated carbocycles. The van der Waals surface area contributed by atoms with Crippen LogP contribution < -0.4 is 10.6 Å². The van der Waals surface area contributed by atoms with E-state index in [1.54, 1.807) is 17.1 Å². The summed E-state index contributed by atoms with van der Waals surface area (Å²) >= 11 is 0. The maximum absolute atomic E-state index is 12.4. The first-order valence-electron chi connectivity index (χ1n) is 9.01. The number of amides is 2. The molecule has 3 rings (SSSR count). The zero-order valence-corrected chi connectivity index (χ0v) is 16.1. The Morgan fingerprint density at radius 1 is 1.31 bits per heavy atom. The summed E-state index contributed by atoms with van der Waals surface area (Å²) < 4.78 is 7.22. The summed E-state index contributed by atoms with van der Waals surface area (Å²) in [5.41, 5.74) is 0.619. The monoisotopic (exact) mass is 385 g/mol. The normalized spacial score (nSPS) is 26.1. The van der Waals surface area contributed by atoms with Crippen molar-refractivity contribution in [2.75, 3.05) is 25.0 Å². The zero-order chi connectivity index (χ0) is 17.8. The van der Waals surface area contributed by atoms with Gasteiger partial charge in [0.05, 0.1) is 30.1 Å². The Labute approximate surface area is 160 Å². The van der Waals surface area contributed by atoms with Crippen LogP contribution in [0.5, 0.6) is 0 Å². The molecule has 1 aromatic rings. The first kappa shape index (κ1) is 20.7. The van der Waals surface area contributed by atoms with Crippen molar-refractivity contribution in [1.82, 2.24) is 20.0 Å². The van der Waals surface area contributed by atoms with E-state index in [0.29, 0.717) is 18.8 Å². The third-order valence-corrected chi connectivity index (χ3v) is 4.60. The molecule has 2 aliphatic heterocycles. The molecule has 3 atom stereocenters. The van der Waals surface area contributed by atoms with Crippen LogP contribution in [0.3, 0.4) is 0 Å². The summed E-state index contributed by atoms with van der Waals surface area (Å²) in [6.07, 6.45) is 6.40. The number of nitrogens with one attached hydrogen (secondary N) is 2. The summed E-state index contributed by atoms with van der Waals surface area (Å²) in [6.45, 7) is 6.18. The van der Waals surface area contributed by atoms with Crippen molar-refractivity contribution >= 4 is 29.9 Å². The van der Waals surface area contributed by atoms with Crippen molar-refractivity contribution in [2.24, 2.45) is 0 Å². The lowest BCUT2D eigenvalue weighted by Crippen LogP contribution is -2.49. The smallest absolute Gasteiger partial charge is 0.244 e. The Balaban J connectivity index is 0.00000243. The minimum atomic E-state index is -0.143. The number of hydrogen-bond acceptors (Lipinski definition) is 5. The van der Waals surface area contributed by atoms with Crippen LogP contribution in [0, 0.1) is 0 Å². The molecule has 0 aromatic carbocycles. The molecular formula is C17H28ClN5O3. The van der Waals surface area contributed by atoms with E-state index in [1.165, 1.54) is 0 Å². The van der Waals surface area contributed by atoms with Crippen LogP contribution in [0.25, 0.3) is 0 Å². The summed E-state index contributed by atoms with van der Waals surface area (Å²) in [4.78, 5) is 26.5. The topological polar surface area (TPSA) is 88.5 Å². The number of ether oxygens (including phenoxy) is 1. The molecule has 9 heteroatoms. The number of anilines is 1. The second-order valence-electron chi connectivity index (χ2n) is 6.97. The summed E-state index contributed by atoms with van der Waals surface area (Å²) in [5, 5.41) is 10.3. The van der Waals surface area contributed by atoms with E-state index in [0.717, 1.165) is 25.8 Å². The van der Waals surface area contributed by atoms with Gasteiger partial charge in [-0.1, -0.05) is 6.42 Å². The van der Waals surface area contributed by atoms with Gasteiger partial charge in [-0.2, -0.15) is 5.10 Å². The molecule has 2 saturated heterocycles. The number of hydrogen-bond donors (Lipinski definition) is 2. The van der Waals surface area contributed by atoms with Gasteiger partial charge >= 0.3 is 0 Å². The summed E-state index contributed by atoms with van der Waals surface area (Å²) in [6, 6.07) is -0.143. The van der Waals surface area contributed by atoms with Gasteiger partial charge in [-0.15, -0.1) is 12.4 Å². The van der Waals surface area contributed by atoms with Gasteiger partial charge in [0.2, 0.25) is 11.8 Å². The number of morpholine rings is 1.